The van der Waals surface area contributed by atoms with Gasteiger partial charge >= 0.3 is 0 Å². The summed E-state index contributed by atoms with van der Waals surface area (Å²) in [5, 5.41) is 18.1. The van der Waals surface area contributed by atoms with Crippen molar-refractivity contribution >= 4 is 0 Å². The van der Waals surface area contributed by atoms with Gasteiger partial charge in [0.05, 0.1) is 13.2 Å². The maximum absolute atomic E-state index is 9.09. The fourth-order valence-corrected chi connectivity index (χ4v) is 1.78. The van der Waals surface area contributed by atoms with Crippen LogP contribution < -0.4 is 9.47 Å². The first-order valence-electron chi connectivity index (χ1n) is 8.49. The van der Waals surface area contributed by atoms with Gasteiger partial charge in [-0.25, -0.2) is 0 Å². The van der Waals surface area contributed by atoms with Crippen LogP contribution in [0.4, 0.5) is 0 Å². The third kappa shape index (κ3) is 8.93. The summed E-state index contributed by atoms with van der Waals surface area (Å²) in [5.41, 5.74) is 0. The Labute approximate surface area is 144 Å². The largest absolute Gasteiger partial charge is 0.508 e. The van der Waals surface area contributed by atoms with Gasteiger partial charge in [0.25, 0.3) is 0 Å². The molecule has 4 heteroatoms. The van der Waals surface area contributed by atoms with Crippen molar-refractivity contribution in [2.24, 2.45) is 0 Å². The van der Waals surface area contributed by atoms with Crippen molar-refractivity contribution in [1.82, 2.24) is 0 Å². The van der Waals surface area contributed by atoms with Crippen molar-refractivity contribution in [1.29, 1.82) is 0 Å². The minimum atomic E-state index is 0.254. The van der Waals surface area contributed by atoms with E-state index in [1.165, 1.54) is 0 Å². The van der Waals surface area contributed by atoms with E-state index in [1.54, 1.807) is 42.5 Å². The molecule has 0 bridgehead atoms. The van der Waals surface area contributed by atoms with Gasteiger partial charge in [-0.1, -0.05) is 32.8 Å². The standard InChI is InChI=1S/2C10H14O2/c1-2-3-8-12-10-6-4-9(11)5-7-10;1-2-3-7-12-10-6-4-5-9(11)8-10/h4-7,11H,2-3,8H2,1H3;4-6,8,11H,2-3,7H2,1H3. The highest BCUT2D eigenvalue weighted by molar-refractivity contribution is 5.31. The predicted molar refractivity (Wildman–Crippen MR) is 97.0 cm³/mol. The Morgan fingerprint density at radius 2 is 1.29 bits per heavy atom. The molecule has 0 atom stereocenters. The Balaban J connectivity index is 0.000000240. The zero-order valence-corrected chi connectivity index (χ0v) is 14.6. The fraction of sp³-hybridized carbons (Fsp3) is 0.400. The lowest BCUT2D eigenvalue weighted by Gasteiger charge is -2.04. The molecule has 4 nitrogen and oxygen atoms in total. The highest BCUT2D eigenvalue weighted by Gasteiger charge is 1.93. The predicted octanol–water partition coefficient (Wildman–Crippen LogP) is 5.14. The van der Waals surface area contributed by atoms with Crippen LogP contribution in [0.2, 0.25) is 0 Å². The van der Waals surface area contributed by atoms with Gasteiger partial charge in [-0.3, -0.25) is 0 Å². The zero-order chi connectivity index (χ0) is 17.6. The van der Waals surface area contributed by atoms with E-state index in [0.717, 1.165) is 50.4 Å². The molecule has 2 aromatic carbocycles. The number of hydrogen-bond donors (Lipinski definition) is 2. The maximum Gasteiger partial charge on any atom is 0.122 e. The van der Waals surface area contributed by atoms with Crippen molar-refractivity contribution in [2.75, 3.05) is 13.2 Å². The topological polar surface area (TPSA) is 58.9 Å². The molecule has 0 unspecified atom stereocenters. The molecule has 0 aromatic heterocycles. The number of ether oxygens (including phenoxy) is 2. The van der Waals surface area contributed by atoms with Crippen molar-refractivity contribution in [2.45, 2.75) is 39.5 Å². The van der Waals surface area contributed by atoms with E-state index in [9.17, 15) is 0 Å². The normalized spacial score (nSPS) is 9.75. The molecule has 2 aromatic rings. The average molecular weight is 332 g/mol. The minimum absolute atomic E-state index is 0.254. The van der Waals surface area contributed by atoms with Gasteiger partial charge in [0.15, 0.2) is 0 Å². The number of phenols is 2. The van der Waals surface area contributed by atoms with Crippen molar-refractivity contribution in [3.63, 3.8) is 0 Å². The van der Waals surface area contributed by atoms with Gasteiger partial charge in [0, 0.05) is 6.07 Å². The first-order chi connectivity index (χ1) is 11.7. The maximum atomic E-state index is 9.09. The number of rotatable bonds is 8. The second kappa shape index (κ2) is 12.1. The second-order valence-electron chi connectivity index (χ2n) is 5.40. The molecule has 0 saturated carbocycles. The zero-order valence-electron chi connectivity index (χ0n) is 14.6. The molecule has 0 fully saturated rings. The highest BCUT2D eigenvalue weighted by Crippen LogP contribution is 2.17. The van der Waals surface area contributed by atoms with E-state index in [-0.39, 0.29) is 11.5 Å². The van der Waals surface area contributed by atoms with Gasteiger partial charge in [-0.15, -0.1) is 0 Å². The molecule has 132 valence electrons. The summed E-state index contributed by atoms with van der Waals surface area (Å²) in [6.45, 7) is 5.72. The Morgan fingerprint density at radius 1 is 0.708 bits per heavy atom. The number of aromatic hydroxyl groups is 2. The first-order valence-corrected chi connectivity index (χ1v) is 8.49. The summed E-state index contributed by atoms with van der Waals surface area (Å²) in [6.07, 6.45) is 4.38. The third-order valence-electron chi connectivity index (χ3n) is 3.19. The molecule has 0 saturated heterocycles. The van der Waals surface area contributed by atoms with E-state index in [4.69, 9.17) is 19.7 Å². The van der Waals surface area contributed by atoms with Crippen LogP contribution in [-0.4, -0.2) is 23.4 Å². The van der Waals surface area contributed by atoms with Gasteiger partial charge in [0.2, 0.25) is 0 Å². The molecule has 0 aliphatic heterocycles. The second-order valence-corrected chi connectivity index (χ2v) is 5.40. The van der Waals surface area contributed by atoms with Gasteiger partial charge in [0.1, 0.15) is 23.0 Å². The van der Waals surface area contributed by atoms with Crippen LogP contribution in [0.25, 0.3) is 0 Å². The molecule has 0 aliphatic rings. The smallest absolute Gasteiger partial charge is 0.122 e. The number of unbranched alkanes of at least 4 members (excludes halogenated alkanes) is 2. The van der Waals surface area contributed by atoms with E-state index >= 15 is 0 Å². The molecular weight excluding hydrogens is 304 g/mol. The monoisotopic (exact) mass is 332 g/mol. The Hall–Kier alpha value is -2.36. The van der Waals surface area contributed by atoms with E-state index in [2.05, 4.69) is 13.8 Å². The van der Waals surface area contributed by atoms with Crippen LogP contribution in [0, 0.1) is 0 Å². The first kappa shape index (κ1) is 19.7. The lowest BCUT2D eigenvalue weighted by Crippen LogP contribution is -1.95. The number of phenolic OH excluding ortho intramolecular Hbond substituents is 2. The van der Waals surface area contributed by atoms with Crippen LogP contribution in [0.3, 0.4) is 0 Å². The molecule has 0 heterocycles. The molecule has 2 N–H and O–H groups in total. The van der Waals surface area contributed by atoms with Crippen LogP contribution in [0.5, 0.6) is 23.0 Å². The van der Waals surface area contributed by atoms with E-state index < -0.39 is 0 Å². The Kier molecular flexibility index (Phi) is 9.93. The fourth-order valence-electron chi connectivity index (χ4n) is 1.78. The van der Waals surface area contributed by atoms with Gasteiger partial charge < -0.3 is 19.7 Å². The quantitative estimate of drug-likeness (QED) is 0.657. The number of hydrogen-bond acceptors (Lipinski definition) is 4. The summed E-state index contributed by atoms with van der Waals surface area (Å²) < 4.78 is 10.8. The Bertz CT molecular complexity index is 552. The van der Waals surface area contributed by atoms with Crippen LogP contribution in [0.1, 0.15) is 39.5 Å². The average Bonchev–Trinajstić information content (AvgIpc) is 2.58. The summed E-state index contributed by atoms with van der Waals surface area (Å²) in [5.74, 6) is 2.09. The summed E-state index contributed by atoms with van der Waals surface area (Å²) >= 11 is 0. The van der Waals surface area contributed by atoms with Crippen LogP contribution in [0.15, 0.2) is 48.5 Å². The minimum Gasteiger partial charge on any atom is -0.508 e. The lowest BCUT2D eigenvalue weighted by molar-refractivity contribution is 0.307. The van der Waals surface area contributed by atoms with E-state index in [0.29, 0.717) is 0 Å². The van der Waals surface area contributed by atoms with Crippen LogP contribution in [-0.2, 0) is 0 Å². The van der Waals surface area contributed by atoms with Gasteiger partial charge in [-0.05, 0) is 49.2 Å². The molecule has 24 heavy (non-hydrogen) atoms. The third-order valence-corrected chi connectivity index (χ3v) is 3.19. The van der Waals surface area contributed by atoms with E-state index in [1.807, 2.05) is 6.07 Å². The molecule has 0 aliphatic carbocycles. The molecule has 2 rings (SSSR count). The highest BCUT2D eigenvalue weighted by atomic mass is 16.5. The van der Waals surface area contributed by atoms with Gasteiger partial charge in [-0.2, -0.15) is 0 Å². The van der Waals surface area contributed by atoms with Crippen LogP contribution >= 0.6 is 0 Å². The van der Waals surface area contributed by atoms with Crippen molar-refractivity contribution in [3.05, 3.63) is 48.5 Å². The van der Waals surface area contributed by atoms with Crippen molar-refractivity contribution in [3.8, 4) is 23.0 Å². The van der Waals surface area contributed by atoms with Crippen molar-refractivity contribution < 1.29 is 19.7 Å². The summed E-state index contributed by atoms with van der Waals surface area (Å²) in [4.78, 5) is 0. The molecule has 0 spiro atoms. The molecule has 0 amide bonds. The summed E-state index contributed by atoms with van der Waals surface area (Å²) in [7, 11) is 0. The summed E-state index contributed by atoms with van der Waals surface area (Å²) in [6, 6.07) is 13.7. The molecule has 0 radical (unpaired) electrons. The molecular formula is C20H28O4. The lowest BCUT2D eigenvalue weighted by atomic mass is 10.3. The SMILES string of the molecule is CCCCOc1ccc(O)cc1.CCCCOc1cccc(O)c1. The Morgan fingerprint density at radius 3 is 1.83 bits per heavy atom. The number of benzene rings is 2.